The fraction of sp³-hybridized carbons (Fsp3) is 0.394. The number of carboxylic acids is 1. The fourth-order valence-electron chi connectivity index (χ4n) is 8.17. The van der Waals surface area contributed by atoms with Crippen molar-refractivity contribution in [3.05, 3.63) is 87.4 Å². The molecule has 4 atom stereocenters. The molecule has 1 aliphatic carbocycles. The van der Waals surface area contributed by atoms with Crippen LogP contribution >= 0.6 is 23.2 Å². The highest BCUT2D eigenvalue weighted by Crippen LogP contribution is 2.62. The van der Waals surface area contributed by atoms with Gasteiger partial charge in [0, 0.05) is 39.7 Å². The van der Waals surface area contributed by atoms with Crippen LogP contribution in [0, 0.1) is 5.41 Å². The molecule has 0 unspecified atom stereocenters. The summed E-state index contributed by atoms with van der Waals surface area (Å²) in [6.07, 6.45) is 4.52. The maximum atomic E-state index is 14.7. The summed E-state index contributed by atoms with van der Waals surface area (Å²) in [6.45, 7) is 3.45. The molecule has 2 N–H and O–H groups in total. The molecule has 2 saturated heterocycles. The third kappa shape index (κ3) is 4.04. The van der Waals surface area contributed by atoms with Crippen molar-refractivity contribution in [3.8, 4) is 5.75 Å². The van der Waals surface area contributed by atoms with E-state index in [1.165, 1.54) is 44.1 Å². The lowest BCUT2D eigenvalue weighted by Crippen LogP contribution is -2.50. The molecule has 9 heteroatoms. The summed E-state index contributed by atoms with van der Waals surface area (Å²) in [6, 6.07) is 18.3. The number of nitrogens with zero attached hydrogens (tertiary/aromatic N) is 2. The second kappa shape index (κ2) is 9.90. The molecule has 3 aromatic carbocycles. The molecular weight excluding hydrogens is 573 g/mol. The van der Waals surface area contributed by atoms with E-state index in [2.05, 4.69) is 29.3 Å². The minimum absolute atomic E-state index is 0.0237. The van der Waals surface area contributed by atoms with E-state index in [1.807, 2.05) is 30.3 Å². The van der Waals surface area contributed by atoms with Crippen molar-refractivity contribution in [1.29, 1.82) is 0 Å². The molecule has 3 aliphatic heterocycles. The minimum atomic E-state index is -1.04. The second-order valence-corrected chi connectivity index (χ2v) is 13.4. The van der Waals surface area contributed by atoms with Crippen molar-refractivity contribution >= 4 is 46.5 Å². The molecule has 0 bridgehead atoms. The predicted molar refractivity (Wildman–Crippen MR) is 164 cm³/mol. The first-order chi connectivity index (χ1) is 20.1. The molecule has 1 spiro atoms. The lowest BCUT2D eigenvalue weighted by molar-refractivity contribution is -0.119. The molecule has 42 heavy (non-hydrogen) atoms. The van der Waals surface area contributed by atoms with Crippen LogP contribution in [-0.4, -0.2) is 54.3 Å². The molecule has 0 radical (unpaired) electrons. The summed E-state index contributed by atoms with van der Waals surface area (Å²) in [7, 11) is 1.50. The lowest BCUT2D eigenvalue weighted by Gasteiger charge is -2.47. The third-order valence-electron chi connectivity index (χ3n) is 10.3. The summed E-state index contributed by atoms with van der Waals surface area (Å²) in [5.41, 5.74) is 3.75. The van der Waals surface area contributed by atoms with Crippen LogP contribution in [0.25, 0.3) is 0 Å². The number of hydrogen-bond acceptors (Lipinski definition) is 5. The van der Waals surface area contributed by atoms with Gasteiger partial charge in [0.2, 0.25) is 5.91 Å². The van der Waals surface area contributed by atoms with E-state index in [0.29, 0.717) is 34.7 Å². The van der Waals surface area contributed by atoms with Gasteiger partial charge in [-0.05, 0) is 78.3 Å². The number of amides is 1. The van der Waals surface area contributed by atoms with Crippen LogP contribution in [0.15, 0.2) is 60.7 Å². The van der Waals surface area contributed by atoms with Crippen molar-refractivity contribution in [2.45, 2.75) is 56.0 Å². The average molecular weight is 607 g/mol. The van der Waals surface area contributed by atoms with E-state index in [-0.39, 0.29) is 34.3 Å². The van der Waals surface area contributed by atoms with Crippen LogP contribution in [0.3, 0.4) is 0 Å². The Morgan fingerprint density at radius 3 is 2.57 bits per heavy atom. The highest BCUT2D eigenvalue weighted by atomic mass is 35.5. The number of fused-ring (bicyclic) bond motifs is 3. The number of methoxy groups -OCH3 is 1. The van der Waals surface area contributed by atoms with Crippen LogP contribution in [0.4, 0.5) is 11.4 Å². The van der Waals surface area contributed by atoms with Crippen molar-refractivity contribution in [3.63, 3.8) is 0 Å². The van der Waals surface area contributed by atoms with Gasteiger partial charge in [-0.2, -0.15) is 0 Å². The topological polar surface area (TPSA) is 82.1 Å². The number of carboxylic acid groups (broad SMARTS) is 1. The van der Waals surface area contributed by atoms with Crippen LogP contribution in [-0.2, 0) is 10.2 Å². The molecule has 1 amide bonds. The normalized spacial score (nSPS) is 27.5. The second-order valence-electron chi connectivity index (χ2n) is 12.6. The Labute approximate surface area is 255 Å². The highest BCUT2D eigenvalue weighted by Gasteiger charge is 2.68. The number of aromatic carboxylic acids is 1. The van der Waals surface area contributed by atoms with Gasteiger partial charge in [0.05, 0.1) is 31.1 Å². The Kier molecular flexibility index (Phi) is 6.50. The van der Waals surface area contributed by atoms with Gasteiger partial charge in [-0.1, -0.05) is 54.7 Å². The van der Waals surface area contributed by atoms with Crippen LogP contribution in [0.2, 0.25) is 10.0 Å². The first kappa shape index (κ1) is 27.6. The van der Waals surface area contributed by atoms with E-state index in [9.17, 15) is 14.7 Å². The SMILES string of the molecule is COc1cc(C(=O)O)ccc1N1CN2[C@@H](CC3(C)CCC3)[C@@]3(CNc4cc(Cl)ccc43)[C@@H](c3cccc(Cl)c3)[C@@H]2C1=O. The number of ether oxygens (including phenoxy) is 1. The Morgan fingerprint density at radius 1 is 1.10 bits per heavy atom. The zero-order chi connectivity index (χ0) is 29.4. The van der Waals surface area contributed by atoms with E-state index >= 15 is 0 Å². The number of nitrogens with one attached hydrogen (secondary N) is 1. The first-order valence-corrected chi connectivity index (χ1v) is 15.2. The first-order valence-electron chi connectivity index (χ1n) is 14.4. The van der Waals surface area contributed by atoms with E-state index in [4.69, 9.17) is 27.9 Å². The fourth-order valence-corrected chi connectivity index (χ4v) is 8.54. The monoisotopic (exact) mass is 605 g/mol. The molecule has 3 aromatic rings. The molecule has 3 heterocycles. The molecular formula is C33H33Cl2N3O4. The van der Waals surface area contributed by atoms with Gasteiger partial charge < -0.3 is 15.2 Å². The number of carbonyl (C=O) groups excluding carboxylic acids is 1. The predicted octanol–water partition coefficient (Wildman–Crippen LogP) is 6.78. The Morgan fingerprint density at radius 2 is 1.88 bits per heavy atom. The zero-order valence-electron chi connectivity index (χ0n) is 23.6. The smallest absolute Gasteiger partial charge is 0.335 e. The minimum Gasteiger partial charge on any atom is -0.495 e. The van der Waals surface area contributed by atoms with Crippen LogP contribution < -0.4 is 15.0 Å². The summed E-state index contributed by atoms with van der Waals surface area (Å²) >= 11 is 13.0. The summed E-state index contributed by atoms with van der Waals surface area (Å²) < 4.78 is 5.62. The van der Waals surface area contributed by atoms with Gasteiger partial charge >= 0.3 is 5.97 Å². The molecule has 7 rings (SSSR count). The van der Waals surface area contributed by atoms with Crippen LogP contribution in [0.1, 0.15) is 60.0 Å². The molecule has 1 saturated carbocycles. The lowest BCUT2D eigenvalue weighted by atomic mass is 9.59. The van der Waals surface area contributed by atoms with E-state index in [1.54, 1.807) is 11.0 Å². The maximum absolute atomic E-state index is 14.7. The zero-order valence-corrected chi connectivity index (χ0v) is 25.1. The van der Waals surface area contributed by atoms with Gasteiger partial charge in [-0.15, -0.1) is 0 Å². The number of halogens is 2. The van der Waals surface area contributed by atoms with Crippen molar-refractivity contribution < 1.29 is 19.4 Å². The summed E-state index contributed by atoms with van der Waals surface area (Å²) in [5, 5.41) is 14.5. The molecule has 3 fully saturated rings. The van der Waals surface area contributed by atoms with Gasteiger partial charge in [0.15, 0.2) is 0 Å². The Bertz CT molecular complexity index is 1610. The number of hydrogen-bond donors (Lipinski definition) is 2. The number of rotatable bonds is 6. The maximum Gasteiger partial charge on any atom is 0.335 e. The standard InChI is InChI=1S/C33H33Cl2N3O4/c1-32(11-4-12-32)16-27-33(17-36-24-15-22(35)8-9-23(24)33)28(19-5-3-6-21(34)13-19)29-30(39)37(18-38(27)29)25-10-7-20(31(40)41)14-26(25)42-2/h3,5-10,13-15,27-29,36H,4,11-12,16-18H2,1-2H3,(H,40,41)/t27-,28-,29+,33-/m0/s1. The van der Waals surface area contributed by atoms with Gasteiger partial charge in [0.25, 0.3) is 0 Å². The quantitative estimate of drug-likeness (QED) is 0.322. The average Bonchev–Trinajstić information content (AvgIpc) is 3.57. The highest BCUT2D eigenvalue weighted by molar-refractivity contribution is 6.31. The molecule has 7 nitrogen and oxygen atoms in total. The summed E-state index contributed by atoms with van der Waals surface area (Å²) in [5.74, 6) is -0.882. The van der Waals surface area contributed by atoms with Crippen molar-refractivity contribution in [1.82, 2.24) is 4.90 Å². The third-order valence-corrected chi connectivity index (χ3v) is 10.7. The number of carbonyl (C=O) groups is 2. The number of anilines is 2. The van der Waals surface area contributed by atoms with Gasteiger partial charge in [0.1, 0.15) is 5.75 Å². The molecule has 0 aromatic heterocycles. The number of benzene rings is 3. The molecule has 218 valence electrons. The van der Waals surface area contributed by atoms with E-state index < -0.39 is 12.0 Å². The van der Waals surface area contributed by atoms with Crippen LogP contribution in [0.5, 0.6) is 5.75 Å². The Hall–Kier alpha value is -3.26. The van der Waals surface area contributed by atoms with Gasteiger partial charge in [-0.3, -0.25) is 14.6 Å². The Balaban J connectivity index is 1.41. The molecule has 4 aliphatic rings. The van der Waals surface area contributed by atoms with Gasteiger partial charge in [-0.25, -0.2) is 4.79 Å². The van der Waals surface area contributed by atoms with Crippen molar-refractivity contribution in [2.24, 2.45) is 5.41 Å². The van der Waals surface area contributed by atoms with Crippen molar-refractivity contribution in [2.75, 3.05) is 30.5 Å². The van der Waals surface area contributed by atoms with E-state index in [0.717, 1.165) is 17.7 Å². The summed E-state index contributed by atoms with van der Waals surface area (Å²) in [4.78, 5) is 30.5. The largest absolute Gasteiger partial charge is 0.495 e.